The van der Waals surface area contributed by atoms with Crippen molar-refractivity contribution in [1.82, 2.24) is 29.8 Å². The van der Waals surface area contributed by atoms with Crippen molar-refractivity contribution in [2.45, 2.75) is 26.3 Å². The van der Waals surface area contributed by atoms with E-state index in [4.69, 9.17) is 18.9 Å². The number of anilines is 3. The van der Waals surface area contributed by atoms with Gasteiger partial charge >= 0.3 is 0 Å². The predicted molar refractivity (Wildman–Crippen MR) is 166 cm³/mol. The molecule has 5 aromatic rings. The zero-order valence-electron chi connectivity index (χ0n) is 27.2. The molecule has 44 heavy (non-hydrogen) atoms. The molecule has 2 atom stereocenters. The lowest BCUT2D eigenvalue weighted by Crippen LogP contribution is -2.28. The van der Waals surface area contributed by atoms with E-state index in [1.165, 1.54) is 11.1 Å². The Hall–Kier alpha value is -5.13. The van der Waals surface area contributed by atoms with E-state index < -0.39 is 6.98 Å². The van der Waals surface area contributed by atoms with E-state index >= 15 is 0 Å². The quantitative estimate of drug-likeness (QED) is 0.263. The number of amides is 1. The fourth-order valence-electron chi connectivity index (χ4n) is 5.45. The molecule has 1 aliphatic heterocycles. The van der Waals surface area contributed by atoms with Crippen molar-refractivity contribution < 1.29 is 18.0 Å². The van der Waals surface area contributed by atoms with Crippen molar-refractivity contribution in [3.63, 3.8) is 0 Å². The molecular formula is C32H32FN9O2. The Morgan fingerprint density at radius 1 is 1.23 bits per heavy atom. The van der Waals surface area contributed by atoms with Crippen molar-refractivity contribution in [1.29, 1.82) is 0 Å². The Labute approximate surface area is 257 Å². The summed E-state index contributed by atoms with van der Waals surface area (Å²) in [6.45, 7) is 0.298. The maximum atomic E-state index is 14.0. The van der Waals surface area contributed by atoms with Gasteiger partial charge in [0.1, 0.15) is 17.1 Å². The van der Waals surface area contributed by atoms with Crippen LogP contribution in [0, 0.1) is 11.8 Å². The fourth-order valence-corrected chi connectivity index (χ4v) is 5.45. The number of nitrogens with one attached hydrogen (secondary N) is 1. The van der Waals surface area contributed by atoms with Gasteiger partial charge in [0.05, 0.1) is 25.5 Å². The molecule has 1 N–H and O–H groups in total. The topological polar surface area (TPSA) is 114 Å². The highest BCUT2D eigenvalue weighted by Crippen LogP contribution is 2.39. The van der Waals surface area contributed by atoms with Crippen LogP contribution in [-0.2, 0) is 11.3 Å². The molecule has 12 heteroatoms. The second-order valence-electron chi connectivity index (χ2n) is 11.2. The summed E-state index contributed by atoms with van der Waals surface area (Å²) < 4.78 is 46.0. The first-order chi connectivity index (χ1) is 22.6. The molecule has 0 spiro atoms. The molecule has 0 saturated heterocycles. The van der Waals surface area contributed by atoms with E-state index in [9.17, 15) is 9.18 Å². The second kappa shape index (κ2) is 11.2. The lowest BCUT2D eigenvalue weighted by Gasteiger charge is -2.26. The van der Waals surface area contributed by atoms with E-state index in [0.29, 0.717) is 47.1 Å². The molecule has 0 radical (unpaired) electrons. The van der Waals surface area contributed by atoms with Crippen molar-refractivity contribution in [3.8, 4) is 17.1 Å². The molecule has 1 aromatic carbocycles. The number of carbonyl (C=O) groups is 1. The summed E-state index contributed by atoms with van der Waals surface area (Å²) in [4.78, 5) is 25.2. The molecule has 0 bridgehead atoms. The third-order valence-electron chi connectivity index (χ3n) is 8.09. The Bertz CT molecular complexity index is 2020. The summed E-state index contributed by atoms with van der Waals surface area (Å²) in [7, 11) is 1.56. The molecule has 11 nitrogen and oxygen atoms in total. The van der Waals surface area contributed by atoms with E-state index in [1.54, 1.807) is 60.3 Å². The van der Waals surface area contributed by atoms with Crippen LogP contribution in [0.3, 0.4) is 0 Å². The number of rotatable bonds is 8. The standard InChI is InChI=1S/C32H32FN9O2/c1-19-13-24(19)32(43)35-27-14-25-26(30-36-28-11-8-22(18-42(28)39-30)41-12-4-5-21(33)17-41)15-34-31(29(25)38-37-27)40(2)16-20-6-9-23(44-3)10-7-20/h5-11,14-15,18-19,24H,4,12-13,16-17H2,1-3H3,(H,35,37,43)/t19-,24+/m1/s1/i2D3. The zero-order valence-corrected chi connectivity index (χ0v) is 24.2. The van der Waals surface area contributed by atoms with Crippen molar-refractivity contribution in [2.24, 2.45) is 11.8 Å². The van der Waals surface area contributed by atoms with Gasteiger partial charge in [0.15, 0.2) is 23.1 Å². The minimum absolute atomic E-state index is 0.00332. The smallest absolute Gasteiger partial charge is 0.228 e. The summed E-state index contributed by atoms with van der Waals surface area (Å²) in [6, 6.07) is 12.4. The van der Waals surface area contributed by atoms with E-state index in [-0.39, 0.29) is 47.9 Å². The fraction of sp³-hybridized carbons (Fsp3) is 0.312. The van der Waals surface area contributed by atoms with Gasteiger partial charge in [-0.15, -0.1) is 15.3 Å². The largest absolute Gasteiger partial charge is 0.497 e. The number of hydrogen-bond donors (Lipinski definition) is 1. The number of carbonyl (C=O) groups excluding carboxylic acids is 1. The number of nitrogens with zero attached hydrogens (tertiary/aromatic N) is 8. The van der Waals surface area contributed by atoms with Crippen LogP contribution in [0.25, 0.3) is 27.9 Å². The predicted octanol–water partition coefficient (Wildman–Crippen LogP) is 5.04. The molecule has 5 heterocycles. The molecule has 224 valence electrons. The molecule has 1 saturated carbocycles. The van der Waals surface area contributed by atoms with Crippen molar-refractivity contribution >= 4 is 39.8 Å². The van der Waals surface area contributed by atoms with Gasteiger partial charge in [0, 0.05) is 47.2 Å². The Morgan fingerprint density at radius 2 is 2.07 bits per heavy atom. The van der Waals surface area contributed by atoms with Crippen LogP contribution in [0.2, 0.25) is 0 Å². The second-order valence-corrected chi connectivity index (χ2v) is 11.2. The number of methoxy groups -OCH3 is 1. The molecule has 2 aliphatic rings. The number of halogens is 1. The van der Waals surface area contributed by atoms with Gasteiger partial charge in [-0.3, -0.25) is 4.79 Å². The number of aromatic nitrogens is 6. The first-order valence-corrected chi connectivity index (χ1v) is 14.4. The van der Waals surface area contributed by atoms with Crippen LogP contribution in [0.15, 0.2) is 66.8 Å². The molecule has 4 aromatic heterocycles. The van der Waals surface area contributed by atoms with Gasteiger partial charge < -0.3 is 19.9 Å². The lowest BCUT2D eigenvalue weighted by molar-refractivity contribution is -0.117. The number of pyridine rings is 2. The van der Waals surface area contributed by atoms with Crippen LogP contribution in [0.4, 0.5) is 21.7 Å². The maximum absolute atomic E-state index is 14.0. The normalized spacial score (nSPS) is 19.2. The molecule has 1 aliphatic carbocycles. The van der Waals surface area contributed by atoms with Gasteiger partial charge in [0.2, 0.25) is 5.91 Å². The zero-order chi connectivity index (χ0) is 32.9. The van der Waals surface area contributed by atoms with Crippen LogP contribution in [0.1, 0.15) is 29.4 Å². The highest BCUT2D eigenvalue weighted by atomic mass is 19.1. The summed E-state index contributed by atoms with van der Waals surface area (Å²) in [5, 5.41) is 16.7. The highest BCUT2D eigenvalue weighted by Gasteiger charge is 2.39. The van der Waals surface area contributed by atoms with Crippen LogP contribution in [0.5, 0.6) is 5.75 Å². The monoisotopic (exact) mass is 596 g/mol. The number of hydrogen-bond acceptors (Lipinski definition) is 9. The van der Waals surface area contributed by atoms with Crippen molar-refractivity contribution in [3.05, 3.63) is 72.3 Å². The Balaban J connectivity index is 1.32. The van der Waals surface area contributed by atoms with Gasteiger partial charge in [-0.05, 0) is 60.7 Å². The van der Waals surface area contributed by atoms with E-state index in [2.05, 4.69) is 20.5 Å². The number of ether oxygens (including phenoxy) is 1. The van der Waals surface area contributed by atoms with Gasteiger partial charge in [-0.2, -0.15) is 0 Å². The maximum Gasteiger partial charge on any atom is 0.228 e. The average Bonchev–Trinajstić information content (AvgIpc) is 3.64. The molecule has 7 rings (SSSR count). The average molecular weight is 597 g/mol. The first-order valence-electron chi connectivity index (χ1n) is 15.9. The molecule has 1 amide bonds. The van der Waals surface area contributed by atoms with Crippen LogP contribution >= 0.6 is 0 Å². The summed E-state index contributed by atoms with van der Waals surface area (Å²) in [5.74, 6) is 1.16. The molecule has 0 unspecified atom stereocenters. The van der Waals surface area contributed by atoms with Crippen molar-refractivity contribution in [2.75, 3.05) is 42.3 Å². The van der Waals surface area contributed by atoms with Gasteiger partial charge in [-0.1, -0.05) is 19.1 Å². The number of fused-ring (bicyclic) bond motifs is 2. The highest BCUT2D eigenvalue weighted by molar-refractivity contribution is 6.01. The Kier molecular flexibility index (Phi) is 6.18. The lowest BCUT2D eigenvalue weighted by atomic mass is 10.1. The van der Waals surface area contributed by atoms with E-state index in [1.807, 2.05) is 17.9 Å². The SMILES string of the molecule is [2H]C([2H])([2H])N(Cc1ccc(OC)cc1)c1ncc(-c2nc3ccc(N4CCC=C(F)C4)cn3n2)c2cc(NC(=O)[C@H]3C[C@H]3C)nnc12. The molecular weight excluding hydrogens is 561 g/mol. The summed E-state index contributed by atoms with van der Waals surface area (Å²) in [6.07, 6.45) is 6.32. The van der Waals surface area contributed by atoms with Gasteiger partial charge in [-0.25, -0.2) is 18.9 Å². The third-order valence-corrected chi connectivity index (χ3v) is 8.09. The number of benzene rings is 1. The first kappa shape index (κ1) is 24.3. The summed E-state index contributed by atoms with van der Waals surface area (Å²) >= 11 is 0. The van der Waals surface area contributed by atoms with Crippen LogP contribution in [-0.4, -0.2) is 62.9 Å². The summed E-state index contributed by atoms with van der Waals surface area (Å²) in [5.41, 5.74) is 2.75. The molecule has 1 fully saturated rings. The minimum Gasteiger partial charge on any atom is -0.497 e. The van der Waals surface area contributed by atoms with Gasteiger partial charge in [0.25, 0.3) is 0 Å². The third kappa shape index (κ3) is 5.38. The van der Waals surface area contributed by atoms with E-state index in [0.717, 1.165) is 17.7 Å². The Morgan fingerprint density at radius 3 is 2.82 bits per heavy atom. The van der Waals surface area contributed by atoms with Crippen LogP contribution < -0.4 is 19.9 Å². The minimum atomic E-state index is -2.58.